The first-order valence-corrected chi connectivity index (χ1v) is 4.25. The lowest BCUT2D eigenvalue weighted by Gasteiger charge is -2.11. The van der Waals surface area contributed by atoms with Crippen molar-refractivity contribution in [3.63, 3.8) is 0 Å². The lowest BCUT2D eigenvalue weighted by Crippen LogP contribution is -2.29. The second-order valence-corrected chi connectivity index (χ2v) is 2.69. The molecule has 0 saturated carbocycles. The van der Waals surface area contributed by atoms with Gasteiger partial charge in [0.15, 0.2) is 11.6 Å². The molecule has 0 aromatic heterocycles. The highest BCUT2D eigenvalue weighted by molar-refractivity contribution is 5.83. The molecule has 0 radical (unpaired) electrons. The average Bonchev–Trinajstić information content (AvgIpc) is 2.16. The summed E-state index contributed by atoms with van der Waals surface area (Å²) in [4.78, 5) is 32.0. The number of nitrogens with zero attached hydrogens (tertiary/aromatic N) is 2. The molecule has 5 nitrogen and oxygen atoms in total. The molecular formula is C8H14N2O3. The van der Waals surface area contributed by atoms with Crippen LogP contribution in [0.5, 0.6) is 0 Å². The van der Waals surface area contributed by atoms with Gasteiger partial charge in [-0.1, -0.05) is 13.8 Å². The van der Waals surface area contributed by atoms with E-state index in [1.807, 2.05) is 0 Å². The molecule has 0 spiro atoms. The van der Waals surface area contributed by atoms with Crippen LogP contribution < -0.4 is 0 Å². The van der Waals surface area contributed by atoms with Crippen LogP contribution in [0.15, 0.2) is 5.29 Å². The van der Waals surface area contributed by atoms with Crippen LogP contribution in [0.4, 0.5) is 0 Å². The summed E-state index contributed by atoms with van der Waals surface area (Å²) >= 11 is 0. The van der Waals surface area contributed by atoms with Crippen molar-refractivity contribution in [2.75, 3.05) is 13.1 Å². The molecule has 0 amide bonds. The van der Waals surface area contributed by atoms with Crippen molar-refractivity contribution in [1.82, 2.24) is 5.01 Å². The van der Waals surface area contributed by atoms with Gasteiger partial charge in [0.25, 0.3) is 0 Å². The van der Waals surface area contributed by atoms with Crippen molar-refractivity contribution in [1.29, 1.82) is 0 Å². The van der Waals surface area contributed by atoms with Gasteiger partial charge in [-0.25, -0.2) is 5.01 Å². The summed E-state index contributed by atoms with van der Waals surface area (Å²) in [5.74, 6) is -0.188. The number of nitroso groups, excluding NO2 is 1. The largest absolute Gasteiger partial charge is 0.298 e. The lowest BCUT2D eigenvalue weighted by atomic mass is 10.2. The zero-order valence-electron chi connectivity index (χ0n) is 7.95. The Labute approximate surface area is 77.0 Å². The van der Waals surface area contributed by atoms with E-state index < -0.39 is 0 Å². The third-order valence-corrected chi connectivity index (χ3v) is 1.62. The number of rotatable bonds is 7. The fraction of sp³-hybridized carbons (Fsp3) is 0.750. The van der Waals surface area contributed by atoms with Gasteiger partial charge < -0.3 is 0 Å². The highest BCUT2D eigenvalue weighted by Gasteiger charge is 2.11. The van der Waals surface area contributed by atoms with Crippen LogP contribution in [0.3, 0.4) is 0 Å². The van der Waals surface area contributed by atoms with Crippen LogP contribution in [-0.4, -0.2) is 29.7 Å². The Morgan fingerprint density at radius 3 is 1.69 bits per heavy atom. The molecule has 0 aliphatic rings. The minimum Gasteiger partial charge on any atom is -0.298 e. The first-order valence-electron chi connectivity index (χ1n) is 4.25. The van der Waals surface area contributed by atoms with Gasteiger partial charge in [0, 0.05) is 12.8 Å². The second-order valence-electron chi connectivity index (χ2n) is 2.69. The highest BCUT2D eigenvalue weighted by atomic mass is 16.3. The fourth-order valence-electron chi connectivity index (χ4n) is 0.744. The lowest BCUT2D eigenvalue weighted by molar-refractivity contribution is -0.122. The van der Waals surface area contributed by atoms with Gasteiger partial charge in [-0.2, -0.15) is 0 Å². The van der Waals surface area contributed by atoms with E-state index in [2.05, 4.69) is 5.29 Å². The average molecular weight is 186 g/mol. The van der Waals surface area contributed by atoms with Crippen molar-refractivity contribution in [3.05, 3.63) is 4.91 Å². The van der Waals surface area contributed by atoms with Crippen LogP contribution in [0, 0.1) is 4.91 Å². The molecular weight excluding hydrogens is 172 g/mol. The fourth-order valence-corrected chi connectivity index (χ4v) is 0.744. The third kappa shape index (κ3) is 5.05. The molecule has 0 atom stereocenters. The van der Waals surface area contributed by atoms with Crippen molar-refractivity contribution < 1.29 is 9.59 Å². The van der Waals surface area contributed by atoms with E-state index in [1.165, 1.54) is 0 Å². The number of hydrogen-bond acceptors (Lipinski definition) is 4. The molecule has 0 saturated heterocycles. The van der Waals surface area contributed by atoms with Crippen LogP contribution in [-0.2, 0) is 9.59 Å². The SMILES string of the molecule is CCC(=O)CN(CC(=O)CC)N=O. The first kappa shape index (κ1) is 11.7. The molecule has 0 heterocycles. The van der Waals surface area contributed by atoms with Crippen molar-refractivity contribution in [3.8, 4) is 0 Å². The molecule has 13 heavy (non-hydrogen) atoms. The van der Waals surface area contributed by atoms with Gasteiger partial charge in [0.05, 0.1) is 18.4 Å². The van der Waals surface area contributed by atoms with E-state index in [9.17, 15) is 14.5 Å². The van der Waals surface area contributed by atoms with Crippen LogP contribution in [0.2, 0.25) is 0 Å². The topological polar surface area (TPSA) is 66.8 Å². The normalized spacial score (nSPS) is 9.38. The number of hydrogen-bond donors (Lipinski definition) is 0. The molecule has 74 valence electrons. The quantitative estimate of drug-likeness (QED) is 0.438. The van der Waals surface area contributed by atoms with Crippen LogP contribution in [0.25, 0.3) is 0 Å². The molecule has 0 unspecified atom stereocenters. The van der Waals surface area contributed by atoms with Gasteiger partial charge in [0.1, 0.15) is 0 Å². The Balaban J connectivity index is 3.96. The van der Waals surface area contributed by atoms with Crippen LogP contribution >= 0.6 is 0 Å². The van der Waals surface area contributed by atoms with Crippen molar-refractivity contribution in [2.45, 2.75) is 26.7 Å². The summed E-state index contributed by atoms with van der Waals surface area (Å²) in [7, 11) is 0. The van der Waals surface area contributed by atoms with Gasteiger partial charge in [-0.05, 0) is 0 Å². The number of carbonyl (C=O) groups is 2. The molecule has 0 aliphatic heterocycles. The summed E-state index contributed by atoms with van der Waals surface area (Å²) < 4.78 is 0. The van der Waals surface area contributed by atoms with E-state index in [4.69, 9.17) is 0 Å². The molecule has 0 fully saturated rings. The zero-order valence-corrected chi connectivity index (χ0v) is 7.95. The molecule has 0 N–H and O–H groups in total. The molecule has 0 rings (SSSR count). The van der Waals surface area contributed by atoms with Crippen molar-refractivity contribution >= 4 is 11.6 Å². The minimum atomic E-state index is -0.0940. The third-order valence-electron chi connectivity index (χ3n) is 1.62. The summed E-state index contributed by atoms with van der Waals surface area (Å²) in [6.45, 7) is 3.28. The van der Waals surface area contributed by atoms with Crippen molar-refractivity contribution in [2.24, 2.45) is 5.29 Å². The van der Waals surface area contributed by atoms with E-state index in [0.717, 1.165) is 5.01 Å². The molecule has 0 aliphatic carbocycles. The first-order chi connectivity index (χ1) is 6.13. The maximum absolute atomic E-state index is 10.9. The van der Waals surface area contributed by atoms with Gasteiger partial charge in [-0.15, -0.1) is 4.91 Å². The van der Waals surface area contributed by atoms with Gasteiger partial charge in [-0.3, -0.25) is 9.59 Å². The minimum absolute atomic E-state index is 0.0638. The highest BCUT2D eigenvalue weighted by Crippen LogP contribution is 1.94. The number of carbonyl (C=O) groups excluding carboxylic acids is 2. The van der Waals surface area contributed by atoms with E-state index in [-0.39, 0.29) is 24.7 Å². The Morgan fingerprint density at radius 2 is 1.46 bits per heavy atom. The Bertz CT molecular complexity index is 186. The Morgan fingerprint density at radius 1 is 1.08 bits per heavy atom. The Kier molecular flexibility index (Phi) is 5.67. The summed E-state index contributed by atoms with van der Waals surface area (Å²) in [5, 5.41) is 3.56. The van der Waals surface area contributed by atoms with E-state index in [1.54, 1.807) is 13.8 Å². The number of Topliss-reactive ketones (excluding diaryl/α,β-unsaturated/α-hetero) is 2. The number of ketones is 2. The predicted molar refractivity (Wildman–Crippen MR) is 48.0 cm³/mol. The van der Waals surface area contributed by atoms with E-state index in [0.29, 0.717) is 12.8 Å². The van der Waals surface area contributed by atoms with Crippen LogP contribution in [0.1, 0.15) is 26.7 Å². The predicted octanol–water partition coefficient (Wildman–Crippen LogP) is 0.928. The van der Waals surface area contributed by atoms with Gasteiger partial charge in [0.2, 0.25) is 0 Å². The summed E-state index contributed by atoms with van der Waals surface area (Å²) in [6, 6.07) is 0. The maximum Gasteiger partial charge on any atom is 0.153 e. The molecule has 0 bridgehead atoms. The molecule has 0 aromatic carbocycles. The Hall–Kier alpha value is -1.26. The smallest absolute Gasteiger partial charge is 0.153 e. The summed E-state index contributed by atoms with van der Waals surface area (Å²) in [5.41, 5.74) is 0. The monoisotopic (exact) mass is 186 g/mol. The maximum atomic E-state index is 10.9. The van der Waals surface area contributed by atoms with E-state index >= 15 is 0 Å². The second kappa shape index (κ2) is 6.28. The zero-order chi connectivity index (χ0) is 10.3. The molecule has 0 aromatic rings. The van der Waals surface area contributed by atoms with Gasteiger partial charge >= 0.3 is 0 Å². The molecule has 5 heteroatoms. The standard InChI is InChI=1S/C8H14N2O3/c1-3-7(11)5-10(9-13)6-8(12)4-2/h3-6H2,1-2H3. The summed E-state index contributed by atoms with van der Waals surface area (Å²) in [6.07, 6.45) is 0.707.